The molecule has 0 aliphatic rings. The first-order valence-electron chi connectivity index (χ1n) is 2.55. The minimum absolute atomic E-state index is 0.0955. The predicted molar refractivity (Wildman–Crippen MR) is 34.0 cm³/mol. The number of nitrogens with one attached hydrogen (secondary N) is 1. The van der Waals surface area contributed by atoms with E-state index in [4.69, 9.17) is 5.11 Å². The molecule has 4 N–H and O–H groups in total. The van der Waals surface area contributed by atoms with Gasteiger partial charge in [0, 0.05) is 6.54 Å². The summed E-state index contributed by atoms with van der Waals surface area (Å²) in [6.07, 6.45) is 2.03. The lowest BCUT2D eigenvalue weighted by molar-refractivity contribution is -0.137. The van der Waals surface area contributed by atoms with Gasteiger partial charge in [-0.3, -0.25) is 9.59 Å². The maximum absolute atomic E-state index is 10.3. The number of aliphatic hydroxyl groups is 1. The highest BCUT2D eigenvalue weighted by Gasteiger charge is 2.04. The fourth-order valence-electron chi connectivity index (χ4n) is 0.291. The molecule has 0 aromatic carbocycles. The maximum atomic E-state index is 10.3. The molecule has 0 heterocycles. The second-order valence-corrected chi connectivity index (χ2v) is 1.46. The van der Waals surface area contributed by atoms with Gasteiger partial charge >= 0.3 is 11.8 Å². The molecule has 0 fully saturated rings. The summed E-state index contributed by atoms with van der Waals surface area (Å²) in [5.74, 6) is -1.90. The van der Waals surface area contributed by atoms with Crippen molar-refractivity contribution in [1.82, 2.24) is 5.32 Å². The van der Waals surface area contributed by atoms with Gasteiger partial charge in [-0.25, -0.2) is 0 Å². The van der Waals surface area contributed by atoms with Gasteiger partial charge in [-0.1, -0.05) is 0 Å². The van der Waals surface area contributed by atoms with Gasteiger partial charge in [0.15, 0.2) is 0 Å². The van der Waals surface area contributed by atoms with Crippen LogP contribution in [0, 0.1) is 0 Å². The Morgan fingerprint density at radius 1 is 1.60 bits per heavy atom. The summed E-state index contributed by atoms with van der Waals surface area (Å²) < 4.78 is 0. The van der Waals surface area contributed by atoms with Crippen molar-refractivity contribution < 1.29 is 14.7 Å². The molecule has 0 aliphatic heterocycles. The number of aliphatic hydroxyl groups excluding tert-OH is 1. The number of carbonyl (C=O) groups excluding carboxylic acids is 2. The van der Waals surface area contributed by atoms with Crippen molar-refractivity contribution in [1.29, 1.82) is 0 Å². The van der Waals surface area contributed by atoms with Gasteiger partial charge in [-0.05, 0) is 6.08 Å². The summed E-state index contributed by atoms with van der Waals surface area (Å²) in [5, 5.41) is 10.2. The molecule has 5 nitrogen and oxygen atoms in total. The average molecular weight is 144 g/mol. The molecular formula is C5H8N2O3. The molecule has 0 aromatic rings. The van der Waals surface area contributed by atoms with E-state index in [-0.39, 0.29) is 6.54 Å². The number of nitrogens with two attached hydrogens (primary N) is 1. The average Bonchev–Trinajstić information content (AvgIpc) is 1.88. The summed E-state index contributed by atoms with van der Waals surface area (Å²) >= 11 is 0. The zero-order valence-electron chi connectivity index (χ0n) is 5.20. The molecule has 0 saturated carbocycles. The Morgan fingerprint density at radius 2 is 2.20 bits per heavy atom. The van der Waals surface area contributed by atoms with Gasteiger partial charge < -0.3 is 16.2 Å². The van der Waals surface area contributed by atoms with Gasteiger partial charge in [-0.15, -0.1) is 0 Å². The number of rotatable bonds is 2. The SMILES string of the molecule is NC(=O)C(=O)NCC=CO. The lowest BCUT2D eigenvalue weighted by Crippen LogP contribution is -2.35. The van der Waals surface area contributed by atoms with Crippen LogP contribution in [-0.2, 0) is 9.59 Å². The topological polar surface area (TPSA) is 92.4 Å². The summed E-state index contributed by atoms with van der Waals surface area (Å²) in [5.41, 5.74) is 4.58. The van der Waals surface area contributed by atoms with E-state index >= 15 is 0 Å². The molecule has 10 heavy (non-hydrogen) atoms. The van der Waals surface area contributed by atoms with E-state index in [9.17, 15) is 9.59 Å². The molecule has 0 atom stereocenters. The zero-order valence-corrected chi connectivity index (χ0v) is 5.20. The van der Waals surface area contributed by atoms with E-state index < -0.39 is 11.8 Å². The highest BCUT2D eigenvalue weighted by Crippen LogP contribution is 1.65. The Labute approximate surface area is 57.5 Å². The standard InChI is InChI=1S/C5H8N2O3/c6-4(9)5(10)7-2-1-3-8/h1,3,8H,2H2,(H2,6,9)(H,7,10). The Hall–Kier alpha value is -1.52. The van der Waals surface area contributed by atoms with Crippen LogP contribution in [0.15, 0.2) is 12.3 Å². The molecule has 0 bridgehead atoms. The zero-order chi connectivity index (χ0) is 7.98. The van der Waals surface area contributed by atoms with Gasteiger partial charge in [0.1, 0.15) is 0 Å². The molecule has 0 aromatic heterocycles. The minimum Gasteiger partial charge on any atom is -0.516 e. The maximum Gasteiger partial charge on any atom is 0.309 e. The van der Waals surface area contributed by atoms with Crippen molar-refractivity contribution >= 4 is 11.8 Å². The molecule has 0 saturated heterocycles. The number of amides is 2. The molecular weight excluding hydrogens is 136 g/mol. The van der Waals surface area contributed by atoms with Crippen LogP contribution in [0.2, 0.25) is 0 Å². The molecule has 0 aliphatic carbocycles. The summed E-state index contributed by atoms with van der Waals surface area (Å²) in [4.78, 5) is 20.3. The largest absolute Gasteiger partial charge is 0.516 e. The summed E-state index contributed by atoms with van der Waals surface area (Å²) in [7, 11) is 0. The van der Waals surface area contributed by atoms with Crippen LogP contribution in [0.25, 0.3) is 0 Å². The predicted octanol–water partition coefficient (Wildman–Crippen LogP) is -1.34. The number of hydrogen-bond acceptors (Lipinski definition) is 3. The fraction of sp³-hybridized carbons (Fsp3) is 0.200. The molecule has 5 heteroatoms. The third-order valence-corrected chi connectivity index (χ3v) is 0.710. The van der Waals surface area contributed by atoms with Crippen molar-refractivity contribution in [2.45, 2.75) is 0 Å². The third-order valence-electron chi connectivity index (χ3n) is 0.710. The van der Waals surface area contributed by atoms with E-state index in [2.05, 4.69) is 11.1 Å². The van der Waals surface area contributed by atoms with Crippen LogP contribution >= 0.6 is 0 Å². The monoisotopic (exact) mass is 144 g/mol. The van der Waals surface area contributed by atoms with Crippen molar-refractivity contribution in [3.8, 4) is 0 Å². The minimum atomic E-state index is -1.04. The first-order chi connectivity index (χ1) is 4.68. The van der Waals surface area contributed by atoms with Crippen LogP contribution in [-0.4, -0.2) is 23.5 Å². The van der Waals surface area contributed by atoms with Crippen LogP contribution < -0.4 is 11.1 Å². The second-order valence-electron chi connectivity index (χ2n) is 1.46. The molecule has 0 rings (SSSR count). The first-order valence-corrected chi connectivity index (χ1v) is 2.55. The molecule has 0 spiro atoms. The smallest absolute Gasteiger partial charge is 0.309 e. The van der Waals surface area contributed by atoms with Gasteiger partial charge in [-0.2, -0.15) is 0 Å². The molecule has 0 radical (unpaired) electrons. The molecule has 2 amide bonds. The Balaban J connectivity index is 3.50. The van der Waals surface area contributed by atoms with Crippen molar-refractivity contribution in [3.63, 3.8) is 0 Å². The van der Waals surface area contributed by atoms with Gasteiger partial charge in [0.05, 0.1) is 6.26 Å². The number of primary amides is 1. The highest BCUT2D eigenvalue weighted by atomic mass is 16.2. The van der Waals surface area contributed by atoms with Crippen LogP contribution in [0.1, 0.15) is 0 Å². The Morgan fingerprint density at radius 3 is 2.60 bits per heavy atom. The third kappa shape index (κ3) is 3.48. The van der Waals surface area contributed by atoms with E-state index in [0.717, 1.165) is 6.26 Å². The van der Waals surface area contributed by atoms with Crippen molar-refractivity contribution in [2.24, 2.45) is 5.73 Å². The molecule has 56 valence electrons. The Bertz CT molecular complexity index is 164. The van der Waals surface area contributed by atoms with E-state index in [0.29, 0.717) is 0 Å². The van der Waals surface area contributed by atoms with E-state index in [1.807, 2.05) is 0 Å². The van der Waals surface area contributed by atoms with Crippen LogP contribution in [0.5, 0.6) is 0 Å². The quantitative estimate of drug-likeness (QED) is 0.331. The normalized spacial score (nSPS) is 9.60. The van der Waals surface area contributed by atoms with E-state index in [1.54, 1.807) is 0 Å². The second kappa shape index (κ2) is 4.37. The van der Waals surface area contributed by atoms with Crippen LogP contribution in [0.4, 0.5) is 0 Å². The van der Waals surface area contributed by atoms with Gasteiger partial charge in [0.25, 0.3) is 0 Å². The lowest BCUT2D eigenvalue weighted by Gasteiger charge is -1.94. The van der Waals surface area contributed by atoms with Crippen molar-refractivity contribution in [3.05, 3.63) is 12.3 Å². The van der Waals surface area contributed by atoms with E-state index in [1.165, 1.54) is 6.08 Å². The lowest BCUT2D eigenvalue weighted by atomic mass is 10.5. The number of hydrogen-bond donors (Lipinski definition) is 3. The van der Waals surface area contributed by atoms with Crippen molar-refractivity contribution in [2.75, 3.05) is 6.54 Å². The van der Waals surface area contributed by atoms with Gasteiger partial charge in [0.2, 0.25) is 0 Å². The fourth-order valence-corrected chi connectivity index (χ4v) is 0.291. The van der Waals surface area contributed by atoms with Crippen LogP contribution in [0.3, 0.4) is 0 Å². The summed E-state index contributed by atoms with van der Waals surface area (Å²) in [6, 6.07) is 0. The highest BCUT2D eigenvalue weighted by molar-refractivity contribution is 6.34. The first kappa shape index (κ1) is 8.48. The number of carbonyl (C=O) groups is 2. The Kier molecular flexibility index (Phi) is 3.70. The summed E-state index contributed by atoms with van der Waals surface area (Å²) in [6.45, 7) is 0.0955. The molecule has 0 unspecified atom stereocenters.